The predicted octanol–water partition coefficient (Wildman–Crippen LogP) is 4.74. The summed E-state index contributed by atoms with van der Waals surface area (Å²) in [5.41, 5.74) is 1.59. The van der Waals surface area contributed by atoms with Gasteiger partial charge in [-0.25, -0.2) is 4.79 Å². The third-order valence-corrected chi connectivity index (χ3v) is 5.28. The molecular formula is C24H31N3O3. The Hall–Kier alpha value is -3.02. The predicted molar refractivity (Wildman–Crippen MR) is 119 cm³/mol. The van der Waals surface area contributed by atoms with E-state index in [9.17, 15) is 9.59 Å². The van der Waals surface area contributed by atoms with Gasteiger partial charge in [0.25, 0.3) is 0 Å². The van der Waals surface area contributed by atoms with Crippen molar-refractivity contribution in [3.63, 3.8) is 0 Å². The van der Waals surface area contributed by atoms with E-state index >= 15 is 0 Å². The molecule has 2 N–H and O–H groups in total. The average molecular weight is 410 g/mol. The number of nitrogens with one attached hydrogen (secondary N) is 2. The molecular weight excluding hydrogens is 378 g/mol. The van der Waals surface area contributed by atoms with E-state index in [0.29, 0.717) is 31.1 Å². The molecule has 2 aromatic rings. The molecule has 6 nitrogen and oxygen atoms in total. The van der Waals surface area contributed by atoms with Crippen molar-refractivity contribution in [3.05, 3.63) is 60.2 Å². The van der Waals surface area contributed by atoms with Gasteiger partial charge < -0.3 is 20.3 Å². The van der Waals surface area contributed by atoms with E-state index in [1.807, 2.05) is 61.5 Å². The van der Waals surface area contributed by atoms with Gasteiger partial charge in [-0.05, 0) is 37.5 Å². The van der Waals surface area contributed by atoms with Crippen molar-refractivity contribution >= 4 is 17.6 Å². The highest BCUT2D eigenvalue weighted by molar-refractivity contribution is 5.91. The van der Waals surface area contributed by atoms with E-state index in [0.717, 1.165) is 31.2 Å². The van der Waals surface area contributed by atoms with Crippen molar-refractivity contribution in [3.8, 4) is 5.75 Å². The fourth-order valence-electron chi connectivity index (χ4n) is 3.76. The Morgan fingerprint density at radius 1 is 1.07 bits per heavy atom. The number of benzene rings is 2. The Kier molecular flexibility index (Phi) is 8.12. The highest BCUT2D eigenvalue weighted by Crippen LogP contribution is 2.29. The Balaban J connectivity index is 1.88. The van der Waals surface area contributed by atoms with Crippen molar-refractivity contribution in [1.29, 1.82) is 0 Å². The van der Waals surface area contributed by atoms with E-state index in [2.05, 4.69) is 10.6 Å². The molecule has 0 spiro atoms. The molecule has 1 aliphatic heterocycles. The first kappa shape index (κ1) is 21.7. The summed E-state index contributed by atoms with van der Waals surface area (Å²) in [4.78, 5) is 27.8. The van der Waals surface area contributed by atoms with E-state index in [4.69, 9.17) is 4.74 Å². The molecule has 1 atom stereocenters. The molecule has 2 aromatic carbocycles. The molecule has 6 heteroatoms. The second kappa shape index (κ2) is 11.2. The van der Waals surface area contributed by atoms with Gasteiger partial charge in [0.2, 0.25) is 5.91 Å². The lowest BCUT2D eigenvalue weighted by Crippen LogP contribution is -2.41. The number of hydrogen-bond acceptors (Lipinski definition) is 3. The summed E-state index contributed by atoms with van der Waals surface area (Å²) >= 11 is 0. The van der Waals surface area contributed by atoms with Crippen LogP contribution in [0.25, 0.3) is 0 Å². The van der Waals surface area contributed by atoms with Gasteiger partial charge in [0.1, 0.15) is 5.75 Å². The van der Waals surface area contributed by atoms with Crippen LogP contribution in [-0.2, 0) is 4.79 Å². The van der Waals surface area contributed by atoms with Gasteiger partial charge >= 0.3 is 6.03 Å². The summed E-state index contributed by atoms with van der Waals surface area (Å²) in [7, 11) is 0. The smallest absolute Gasteiger partial charge is 0.322 e. The van der Waals surface area contributed by atoms with Gasteiger partial charge in [-0.2, -0.15) is 0 Å². The molecule has 1 unspecified atom stereocenters. The zero-order valence-electron chi connectivity index (χ0n) is 17.6. The number of carbonyl (C=O) groups is 2. The van der Waals surface area contributed by atoms with Crippen LogP contribution in [0.2, 0.25) is 0 Å². The van der Waals surface area contributed by atoms with Gasteiger partial charge in [-0.3, -0.25) is 4.79 Å². The molecule has 0 aromatic heterocycles. The lowest BCUT2D eigenvalue weighted by atomic mass is 10.0. The van der Waals surface area contributed by atoms with Crippen LogP contribution in [0.15, 0.2) is 54.6 Å². The highest BCUT2D eigenvalue weighted by atomic mass is 16.5. The zero-order chi connectivity index (χ0) is 21.2. The normalized spacial score (nSPS) is 18.1. The monoisotopic (exact) mass is 409 g/mol. The molecule has 3 rings (SSSR count). The second-order valence-corrected chi connectivity index (χ2v) is 7.45. The molecule has 0 saturated carbocycles. The van der Waals surface area contributed by atoms with Crippen molar-refractivity contribution in [2.45, 2.75) is 45.1 Å². The lowest BCUT2D eigenvalue weighted by molar-refractivity contribution is -0.122. The van der Waals surface area contributed by atoms with Gasteiger partial charge in [0, 0.05) is 13.1 Å². The summed E-state index contributed by atoms with van der Waals surface area (Å²) in [6.07, 6.45) is 4.17. The molecule has 30 heavy (non-hydrogen) atoms. The average Bonchev–Trinajstić information content (AvgIpc) is 2.80. The SMILES string of the molecule is CCOc1ccccc1NC(=O)N1CCCCCCNC(=O)CC1c1ccccc1. The lowest BCUT2D eigenvalue weighted by Gasteiger charge is -2.32. The van der Waals surface area contributed by atoms with Crippen molar-refractivity contribution in [2.75, 3.05) is 25.0 Å². The number of ether oxygens (including phenoxy) is 1. The van der Waals surface area contributed by atoms with Gasteiger partial charge in [0.15, 0.2) is 0 Å². The maximum Gasteiger partial charge on any atom is 0.322 e. The summed E-state index contributed by atoms with van der Waals surface area (Å²) in [5, 5.41) is 6.01. The summed E-state index contributed by atoms with van der Waals surface area (Å²) in [5.74, 6) is 0.610. The minimum atomic E-state index is -0.330. The Morgan fingerprint density at radius 3 is 2.60 bits per heavy atom. The van der Waals surface area contributed by atoms with Crippen LogP contribution in [0.3, 0.4) is 0 Å². The standard InChI is InChI=1S/C24H31N3O3/c1-2-30-22-15-9-8-14-20(22)26-24(29)27-17-11-4-3-10-16-25-23(28)18-21(27)19-12-6-5-7-13-19/h5-9,12-15,21H,2-4,10-11,16-18H2,1H3,(H,25,28)(H,26,29). The first-order chi connectivity index (χ1) is 14.7. The van der Waals surface area contributed by atoms with Gasteiger partial charge in [0.05, 0.1) is 24.8 Å². The number of anilines is 1. The zero-order valence-corrected chi connectivity index (χ0v) is 17.6. The van der Waals surface area contributed by atoms with E-state index in [-0.39, 0.29) is 24.4 Å². The first-order valence-electron chi connectivity index (χ1n) is 10.8. The molecule has 0 radical (unpaired) electrons. The number of rotatable bonds is 4. The number of para-hydroxylation sites is 2. The highest BCUT2D eigenvalue weighted by Gasteiger charge is 2.28. The molecule has 0 aliphatic carbocycles. The van der Waals surface area contributed by atoms with Crippen LogP contribution < -0.4 is 15.4 Å². The third-order valence-electron chi connectivity index (χ3n) is 5.28. The summed E-state index contributed by atoms with van der Waals surface area (Å²) in [6, 6.07) is 16.7. The maximum absolute atomic E-state index is 13.4. The van der Waals surface area contributed by atoms with E-state index in [1.54, 1.807) is 4.90 Å². The molecule has 160 valence electrons. The minimum Gasteiger partial charge on any atom is -0.492 e. The number of carbonyl (C=O) groups excluding carboxylic acids is 2. The van der Waals surface area contributed by atoms with Crippen LogP contribution >= 0.6 is 0 Å². The van der Waals surface area contributed by atoms with Crippen LogP contribution in [0, 0.1) is 0 Å². The summed E-state index contributed by atoms with van der Waals surface area (Å²) < 4.78 is 5.65. The van der Waals surface area contributed by atoms with Crippen molar-refractivity contribution < 1.29 is 14.3 Å². The van der Waals surface area contributed by atoms with Crippen molar-refractivity contribution in [2.24, 2.45) is 0 Å². The molecule has 1 fully saturated rings. The Bertz CT molecular complexity index is 825. The second-order valence-electron chi connectivity index (χ2n) is 7.45. The first-order valence-corrected chi connectivity index (χ1v) is 10.8. The van der Waals surface area contributed by atoms with Crippen molar-refractivity contribution in [1.82, 2.24) is 10.2 Å². The fourth-order valence-corrected chi connectivity index (χ4v) is 3.76. The fraction of sp³-hybridized carbons (Fsp3) is 0.417. The van der Waals surface area contributed by atoms with Crippen LogP contribution in [-0.4, -0.2) is 36.5 Å². The minimum absolute atomic E-state index is 0.0294. The maximum atomic E-state index is 13.4. The number of urea groups is 1. The Morgan fingerprint density at radius 2 is 1.80 bits per heavy atom. The number of amides is 3. The molecule has 1 heterocycles. The van der Waals surface area contributed by atoms with E-state index < -0.39 is 0 Å². The largest absolute Gasteiger partial charge is 0.492 e. The Labute approximate surface area is 178 Å². The quantitative estimate of drug-likeness (QED) is 0.766. The number of nitrogens with zero attached hydrogens (tertiary/aromatic N) is 1. The van der Waals surface area contributed by atoms with E-state index in [1.165, 1.54) is 0 Å². The molecule has 0 bridgehead atoms. The van der Waals surface area contributed by atoms with Crippen LogP contribution in [0.4, 0.5) is 10.5 Å². The molecule has 3 amide bonds. The molecule has 1 aliphatic rings. The molecule has 1 saturated heterocycles. The number of hydrogen-bond donors (Lipinski definition) is 2. The van der Waals surface area contributed by atoms with Gasteiger partial charge in [-0.15, -0.1) is 0 Å². The van der Waals surface area contributed by atoms with Crippen LogP contribution in [0.5, 0.6) is 5.75 Å². The third kappa shape index (κ3) is 5.99. The topological polar surface area (TPSA) is 70.7 Å². The van der Waals surface area contributed by atoms with Gasteiger partial charge in [-0.1, -0.05) is 55.3 Å². The summed E-state index contributed by atoms with van der Waals surface area (Å²) in [6.45, 7) is 3.71. The van der Waals surface area contributed by atoms with Crippen LogP contribution in [0.1, 0.15) is 50.6 Å².